The standard InChI is InChI=1S/C22H26FN3O5S/c1-14(2)25-32(29,30)17-10-11-19(23)18(13-17)22(28)26-12-4-5-20(26)21(27)24-15-6-8-16(31-3)9-7-15/h6-11,13-14,20,25H,4-5,12H2,1-3H3,(H,24,27). The number of carbonyl (C=O) groups excluding carboxylic acids is 2. The van der Waals surface area contributed by atoms with Gasteiger partial charge in [-0.05, 0) is 69.2 Å². The number of nitrogens with zero attached hydrogens (tertiary/aromatic N) is 1. The molecule has 1 unspecified atom stereocenters. The van der Waals surface area contributed by atoms with Gasteiger partial charge in [-0.2, -0.15) is 0 Å². The quantitative estimate of drug-likeness (QED) is 0.657. The average molecular weight is 464 g/mol. The molecule has 1 fully saturated rings. The molecule has 1 heterocycles. The third-order valence-electron chi connectivity index (χ3n) is 5.04. The van der Waals surface area contributed by atoms with E-state index in [4.69, 9.17) is 4.74 Å². The number of sulfonamides is 1. The lowest BCUT2D eigenvalue weighted by molar-refractivity contribution is -0.119. The third-order valence-corrected chi connectivity index (χ3v) is 6.70. The minimum Gasteiger partial charge on any atom is -0.497 e. The lowest BCUT2D eigenvalue weighted by Gasteiger charge is -2.24. The van der Waals surface area contributed by atoms with Crippen LogP contribution in [-0.2, 0) is 14.8 Å². The van der Waals surface area contributed by atoms with Crippen molar-refractivity contribution in [2.24, 2.45) is 0 Å². The number of anilines is 1. The molecule has 0 aromatic heterocycles. The van der Waals surface area contributed by atoms with E-state index in [0.717, 1.165) is 18.2 Å². The van der Waals surface area contributed by atoms with Crippen LogP contribution in [0, 0.1) is 5.82 Å². The van der Waals surface area contributed by atoms with Crippen LogP contribution in [0.4, 0.5) is 10.1 Å². The predicted octanol–water partition coefficient (Wildman–Crippen LogP) is 2.76. The third kappa shape index (κ3) is 5.25. The Morgan fingerprint density at radius 1 is 1.16 bits per heavy atom. The van der Waals surface area contributed by atoms with E-state index in [-0.39, 0.29) is 23.0 Å². The van der Waals surface area contributed by atoms with Gasteiger partial charge in [-0.3, -0.25) is 9.59 Å². The summed E-state index contributed by atoms with van der Waals surface area (Å²) in [5.74, 6) is -1.33. The van der Waals surface area contributed by atoms with E-state index in [1.54, 1.807) is 38.1 Å². The lowest BCUT2D eigenvalue weighted by atomic mass is 10.1. The van der Waals surface area contributed by atoms with Crippen molar-refractivity contribution in [3.8, 4) is 5.75 Å². The molecule has 3 rings (SSSR count). The first-order valence-electron chi connectivity index (χ1n) is 10.2. The molecule has 0 aliphatic carbocycles. The summed E-state index contributed by atoms with van der Waals surface area (Å²) in [5.41, 5.74) is 0.148. The topological polar surface area (TPSA) is 105 Å². The van der Waals surface area contributed by atoms with Gasteiger partial charge < -0.3 is 15.0 Å². The van der Waals surface area contributed by atoms with Crippen molar-refractivity contribution < 1.29 is 27.1 Å². The van der Waals surface area contributed by atoms with E-state index in [0.29, 0.717) is 24.3 Å². The smallest absolute Gasteiger partial charge is 0.257 e. The Morgan fingerprint density at radius 3 is 2.47 bits per heavy atom. The fourth-order valence-electron chi connectivity index (χ4n) is 3.55. The number of ether oxygens (including phenoxy) is 1. The van der Waals surface area contributed by atoms with Crippen molar-refractivity contribution in [1.82, 2.24) is 9.62 Å². The molecule has 1 saturated heterocycles. The molecule has 1 aliphatic rings. The lowest BCUT2D eigenvalue weighted by Crippen LogP contribution is -2.43. The van der Waals surface area contributed by atoms with Crippen LogP contribution < -0.4 is 14.8 Å². The van der Waals surface area contributed by atoms with Gasteiger partial charge in [0, 0.05) is 18.3 Å². The number of benzene rings is 2. The normalized spacial score (nSPS) is 16.3. The van der Waals surface area contributed by atoms with Gasteiger partial charge in [0.2, 0.25) is 15.9 Å². The molecule has 0 bridgehead atoms. The van der Waals surface area contributed by atoms with Crippen molar-refractivity contribution in [3.05, 3.63) is 53.8 Å². The maximum Gasteiger partial charge on any atom is 0.257 e. The summed E-state index contributed by atoms with van der Waals surface area (Å²) in [6.45, 7) is 3.58. The van der Waals surface area contributed by atoms with Crippen LogP contribution in [0.1, 0.15) is 37.0 Å². The number of rotatable bonds is 7. The number of carbonyl (C=O) groups is 2. The Labute approximate surface area is 186 Å². The van der Waals surface area contributed by atoms with Crippen LogP contribution in [0.25, 0.3) is 0 Å². The first-order valence-corrected chi connectivity index (χ1v) is 11.7. The molecule has 0 radical (unpaired) electrons. The molecule has 8 nitrogen and oxygen atoms in total. The zero-order valence-corrected chi connectivity index (χ0v) is 18.9. The Bertz CT molecular complexity index is 1100. The van der Waals surface area contributed by atoms with Crippen molar-refractivity contribution in [3.63, 3.8) is 0 Å². The van der Waals surface area contributed by atoms with E-state index in [1.807, 2.05) is 0 Å². The molecule has 0 spiro atoms. The molecule has 10 heteroatoms. The Kier molecular flexibility index (Phi) is 7.15. The van der Waals surface area contributed by atoms with Gasteiger partial charge in [0.1, 0.15) is 17.6 Å². The largest absolute Gasteiger partial charge is 0.497 e. The highest BCUT2D eigenvalue weighted by Crippen LogP contribution is 2.25. The Hall–Kier alpha value is -2.98. The SMILES string of the molecule is COc1ccc(NC(=O)C2CCCN2C(=O)c2cc(S(=O)(=O)NC(C)C)ccc2F)cc1. The van der Waals surface area contributed by atoms with Gasteiger partial charge in [0.05, 0.1) is 17.6 Å². The highest BCUT2D eigenvalue weighted by atomic mass is 32.2. The van der Waals surface area contributed by atoms with Gasteiger partial charge in [-0.25, -0.2) is 17.5 Å². The molecule has 2 aromatic rings. The monoisotopic (exact) mass is 463 g/mol. The first kappa shape index (κ1) is 23.7. The van der Waals surface area contributed by atoms with Crippen LogP contribution in [0.3, 0.4) is 0 Å². The summed E-state index contributed by atoms with van der Waals surface area (Å²) in [6, 6.07) is 8.64. The van der Waals surface area contributed by atoms with Crippen LogP contribution in [0.5, 0.6) is 5.75 Å². The number of halogens is 1. The van der Waals surface area contributed by atoms with Crippen LogP contribution >= 0.6 is 0 Å². The highest BCUT2D eigenvalue weighted by molar-refractivity contribution is 7.89. The van der Waals surface area contributed by atoms with Crippen molar-refractivity contribution in [1.29, 1.82) is 0 Å². The van der Waals surface area contributed by atoms with Gasteiger partial charge in [-0.15, -0.1) is 0 Å². The Balaban J connectivity index is 1.81. The second-order valence-electron chi connectivity index (χ2n) is 7.79. The Morgan fingerprint density at radius 2 is 1.84 bits per heavy atom. The minimum atomic E-state index is -3.91. The molecule has 1 atom stereocenters. The maximum absolute atomic E-state index is 14.5. The molecular weight excluding hydrogens is 437 g/mol. The van der Waals surface area contributed by atoms with E-state index in [1.165, 1.54) is 12.0 Å². The van der Waals surface area contributed by atoms with Crippen LogP contribution in [0.2, 0.25) is 0 Å². The summed E-state index contributed by atoms with van der Waals surface area (Å²) in [4.78, 5) is 27.0. The zero-order valence-electron chi connectivity index (χ0n) is 18.1. The van der Waals surface area contributed by atoms with Crippen LogP contribution in [-0.4, -0.2) is 50.9 Å². The predicted molar refractivity (Wildman–Crippen MR) is 118 cm³/mol. The van der Waals surface area contributed by atoms with Gasteiger partial charge in [0.25, 0.3) is 5.91 Å². The summed E-state index contributed by atoms with van der Waals surface area (Å²) < 4.78 is 46.9. The molecule has 172 valence electrons. The maximum atomic E-state index is 14.5. The molecule has 2 N–H and O–H groups in total. The minimum absolute atomic E-state index is 0.214. The van der Waals surface area contributed by atoms with Gasteiger partial charge in [-0.1, -0.05) is 0 Å². The van der Waals surface area contributed by atoms with E-state index in [2.05, 4.69) is 10.0 Å². The van der Waals surface area contributed by atoms with E-state index in [9.17, 15) is 22.4 Å². The molecule has 32 heavy (non-hydrogen) atoms. The van der Waals surface area contributed by atoms with E-state index >= 15 is 0 Å². The number of nitrogens with one attached hydrogen (secondary N) is 2. The summed E-state index contributed by atoms with van der Waals surface area (Å²) in [7, 11) is -2.37. The van der Waals surface area contributed by atoms with Crippen molar-refractivity contribution >= 4 is 27.5 Å². The van der Waals surface area contributed by atoms with Crippen molar-refractivity contribution in [2.75, 3.05) is 19.0 Å². The number of likely N-dealkylation sites (tertiary alicyclic amines) is 1. The van der Waals surface area contributed by atoms with Gasteiger partial charge in [0.15, 0.2) is 0 Å². The average Bonchev–Trinajstić information content (AvgIpc) is 3.23. The zero-order chi connectivity index (χ0) is 23.5. The fraction of sp³-hybridized carbons (Fsp3) is 0.364. The number of hydrogen-bond acceptors (Lipinski definition) is 5. The second kappa shape index (κ2) is 9.66. The molecule has 0 saturated carbocycles. The summed E-state index contributed by atoms with van der Waals surface area (Å²) >= 11 is 0. The molecular formula is C22H26FN3O5S. The number of hydrogen-bond donors (Lipinski definition) is 2. The number of methoxy groups -OCH3 is 1. The molecule has 2 amide bonds. The highest BCUT2D eigenvalue weighted by Gasteiger charge is 2.36. The molecule has 2 aromatic carbocycles. The fourth-order valence-corrected chi connectivity index (χ4v) is 4.83. The molecule has 1 aliphatic heterocycles. The number of amides is 2. The van der Waals surface area contributed by atoms with Gasteiger partial charge >= 0.3 is 0 Å². The van der Waals surface area contributed by atoms with E-state index < -0.39 is 33.7 Å². The summed E-state index contributed by atoms with van der Waals surface area (Å²) in [6.07, 6.45) is 0.989. The second-order valence-corrected chi connectivity index (χ2v) is 9.51. The van der Waals surface area contributed by atoms with Crippen LogP contribution in [0.15, 0.2) is 47.4 Å². The summed E-state index contributed by atoms with van der Waals surface area (Å²) in [5, 5.41) is 2.76. The first-order chi connectivity index (χ1) is 15.1. The van der Waals surface area contributed by atoms with Crippen molar-refractivity contribution in [2.45, 2.75) is 43.7 Å².